The normalized spacial score (nSPS) is 10.6. The van der Waals surface area contributed by atoms with Crippen molar-refractivity contribution in [3.8, 4) is 23.0 Å². The molecule has 2 rings (SSSR count). The van der Waals surface area contributed by atoms with Crippen molar-refractivity contribution < 1.29 is 23.7 Å². The molecule has 0 aromatic heterocycles. The quantitative estimate of drug-likeness (QED) is 0.492. The average molecular weight is 356 g/mol. The smallest absolute Gasteiger partial charge is 0.189 e. The van der Waals surface area contributed by atoms with Gasteiger partial charge in [-0.05, 0) is 50.3 Å². The Morgan fingerprint density at radius 3 is 2.04 bits per heavy atom. The third kappa shape index (κ3) is 4.79. The van der Waals surface area contributed by atoms with E-state index in [2.05, 4.69) is 0 Å². The highest BCUT2D eigenvalue weighted by Gasteiger charge is 2.11. The Morgan fingerprint density at radius 2 is 1.46 bits per heavy atom. The molecule has 0 aliphatic carbocycles. The third-order valence-corrected chi connectivity index (χ3v) is 3.68. The highest BCUT2D eigenvalue weighted by Crippen LogP contribution is 2.28. The predicted molar refractivity (Wildman–Crippen MR) is 102 cm³/mol. The summed E-state index contributed by atoms with van der Waals surface area (Å²) in [5.41, 5.74) is 1.26. The summed E-state index contributed by atoms with van der Waals surface area (Å²) in [6, 6.07) is 10.7. The number of hydrogen-bond donors (Lipinski definition) is 0. The van der Waals surface area contributed by atoms with Gasteiger partial charge < -0.3 is 18.9 Å². The van der Waals surface area contributed by atoms with Gasteiger partial charge in [0.2, 0.25) is 0 Å². The molecule has 0 unspecified atom stereocenters. The molecule has 0 amide bonds. The minimum atomic E-state index is -0.166. The van der Waals surface area contributed by atoms with E-state index in [0.717, 1.165) is 11.3 Å². The molecule has 0 aliphatic heterocycles. The highest BCUT2D eigenvalue weighted by molar-refractivity contribution is 6.08. The first-order valence-electron chi connectivity index (χ1n) is 8.47. The van der Waals surface area contributed by atoms with Crippen molar-refractivity contribution in [3.05, 3.63) is 53.6 Å². The summed E-state index contributed by atoms with van der Waals surface area (Å²) in [7, 11) is 3.11. The van der Waals surface area contributed by atoms with E-state index in [9.17, 15) is 4.79 Å². The maximum Gasteiger partial charge on any atom is 0.189 e. The predicted octanol–water partition coefficient (Wildman–Crippen LogP) is 4.40. The zero-order valence-electron chi connectivity index (χ0n) is 15.6. The lowest BCUT2D eigenvalue weighted by atomic mass is 10.1. The molecule has 0 radical (unpaired) electrons. The fraction of sp³-hybridized carbons (Fsp3) is 0.286. The highest BCUT2D eigenvalue weighted by atomic mass is 16.5. The van der Waals surface area contributed by atoms with Gasteiger partial charge in [0.15, 0.2) is 5.78 Å². The van der Waals surface area contributed by atoms with Crippen LogP contribution in [0.25, 0.3) is 6.08 Å². The third-order valence-electron chi connectivity index (χ3n) is 3.68. The first-order chi connectivity index (χ1) is 12.6. The van der Waals surface area contributed by atoms with Crippen LogP contribution in [0.2, 0.25) is 0 Å². The molecule has 0 atom stereocenters. The zero-order chi connectivity index (χ0) is 18.9. The van der Waals surface area contributed by atoms with Crippen LogP contribution >= 0.6 is 0 Å². The number of ether oxygens (including phenoxy) is 4. The Kier molecular flexibility index (Phi) is 7.09. The molecule has 0 aliphatic rings. The van der Waals surface area contributed by atoms with Crippen LogP contribution in [0.1, 0.15) is 29.8 Å². The summed E-state index contributed by atoms with van der Waals surface area (Å²) < 4.78 is 21.6. The van der Waals surface area contributed by atoms with E-state index in [1.54, 1.807) is 37.5 Å². The van der Waals surface area contributed by atoms with E-state index in [1.807, 2.05) is 26.0 Å². The topological polar surface area (TPSA) is 54.0 Å². The Hall–Kier alpha value is -2.95. The number of carbonyl (C=O) groups excluding carboxylic acids is 1. The summed E-state index contributed by atoms with van der Waals surface area (Å²) in [5.74, 6) is 2.34. The zero-order valence-corrected chi connectivity index (χ0v) is 15.6. The van der Waals surface area contributed by atoms with Crippen molar-refractivity contribution >= 4 is 11.9 Å². The molecule has 26 heavy (non-hydrogen) atoms. The Bertz CT molecular complexity index is 780. The minimum absolute atomic E-state index is 0.166. The second-order valence-electron chi connectivity index (χ2n) is 5.33. The van der Waals surface area contributed by atoms with Crippen LogP contribution in [-0.4, -0.2) is 33.2 Å². The second kappa shape index (κ2) is 9.51. The molecule has 0 bridgehead atoms. The summed E-state index contributed by atoms with van der Waals surface area (Å²) in [5, 5.41) is 0. The maximum absolute atomic E-state index is 12.6. The van der Waals surface area contributed by atoms with E-state index in [0.29, 0.717) is 36.0 Å². The van der Waals surface area contributed by atoms with Gasteiger partial charge in [0.05, 0.1) is 33.0 Å². The summed E-state index contributed by atoms with van der Waals surface area (Å²) in [4.78, 5) is 12.6. The van der Waals surface area contributed by atoms with Gasteiger partial charge in [-0.2, -0.15) is 0 Å². The molecule has 0 spiro atoms. The van der Waals surface area contributed by atoms with Crippen molar-refractivity contribution in [1.29, 1.82) is 0 Å². The van der Waals surface area contributed by atoms with Gasteiger partial charge in [0.1, 0.15) is 23.0 Å². The van der Waals surface area contributed by atoms with Crippen molar-refractivity contribution in [1.82, 2.24) is 0 Å². The molecule has 2 aromatic carbocycles. The lowest BCUT2D eigenvalue weighted by Crippen LogP contribution is -2.00. The molecule has 2 aromatic rings. The van der Waals surface area contributed by atoms with Crippen LogP contribution in [0, 0.1) is 0 Å². The van der Waals surface area contributed by atoms with E-state index in [-0.39, 0.29) is 5.78 Å². The Morgan fingerprint density at radius 1 is 0.885 bits per heavy atom. The van der Waals surface area contributed by atoms with Crippen LogP contribution in [0.3, 0.4) is 0 Å². The molecular weight excluding hydrogens is 332 g/mol. The van der Waals surface area contributed by atoms with Crippen LogP contribution in [0.5, 0.6) is 23.0 Å². The summed E-state index contributed by atoms with van der Waals surface area (Å²) in [6.45, 7) is 4.95. The number of allylic oxidation sites excluding steroid dienone is 1. The molecule has 0 saturated carbocycles. The fourth-order valence-corrected chi connectivity index (χ4v) is 2.47. The van der Waals surface area contributed by atoms with Crippen LogP contribution < -0.4 is 18.9 Å². The van der Waals surface area contributed by atoms with Crippen LogP contribution in [-0.2, 0) is 0 Å². The van der Waals surface area contributed by atoms with Crippen molar-refractivity contribution in [2.75, 3.05) is 27.4 Å². The lowest BCUT2D eigenvalue weighted by molar-refractivity contribution is 0.104. The molecule has 0 fully saturated rings. The number of benzene rings is 2. The van der Waals surface area contributed by atoms with E-state index >= 15 is 0 Å². The largest absolute Gasteiger partial charge is 0.496 e. The monoisotopic (exact) mass is 356 g/mol. The first kappa shape index (κ1) is 19.4. The maximum atomic E-state index is 12.6. The average Bonchev–Trinajstić information content (AvgIpc) is 2.67. The summed E-state index contributed by atoms with van der Waals surface area (Å²) in [6.07, 6.45) is 3.21. The number of carbonyl (C=O) groups is 1. The number of methoxy groups -OCH3 is 2. The fourth-order valence-electron chi connectivity index (χ4n) is 2.47. The number of ketones is 1. The van der Waals surface area contributed by atoms with Gasteiger partial charge in [-0.25, -0.2) is 0 Å². The van der Waals surface area contributed by atoms with Gasteiger partial charge in [-0.1, -0.05) is 0 Å². The van der Waals surface area contributed by atoms with E-state index < -0.39 is 0 Å². The van der Waals surface area contributed by atoms with E-state index in [4.69, 9.17) is 18.9 Å². The molecule has 0 heterocycles. The second-order valence-corrected chi connectivity index (χ2v) is 5.33. The molecule has 0 N–H and O–H groups in total. The van der Waals surface area contributed by atoms with Crippen molar-refractivity contribution in [2.24, 2.45) is 0 Å². The lowest BCUT2D eigenvalue weighted by Gasteiger charge is -2.10. The van der Waals surface area contributed by atoms with E-state index in [1.165, 1.54) is 13.2 Å². The first-order valence-corrected chi connectivity index (χ1v) is 8.47. The molecule has 138 valence electrons. The Balaban J connectivity index is 2.24. The number of rotatable bonds is 9. The van der Waals surface area contributed by atoms with Gasteiger partial charge in [0, 0.05) is 17.7 Å². The standard InChI is InChI=1S/C21H24O5/c1-5-25-16-9-7-15(20(13-16)23-3)8-12-19(22)18-11-10-17(26-6-2)14-21(18)24-4/h7-14H,5-6H2,1-4H3. The molecule has 5 heteroatoms. The SMILES string of the molecule is CCOc1ccc(C=CC(=O)c2ccc(OCC)cc2OC)c(OC)c1. The van der Waals surface area contributed by atoms with Crippen LogP contribution in [0.15, 0.2) is 42.5 Å². The van der Waals surface area contributed by atoms with Gasteiger partial charge >= 0.3 is 0 Å². The number of hydrogen-bond acceptors (Lipinski definition) is 5. The van der Waals surface area contributed by atoms with Gasteiger partial charge in [-0.3, -0.25) is 4.79 Å². The van der Waals surface area contributed by atoms with Crippen LogP contribution in [0.4, 0.5) is 0 Å². The molecular formula is C21H24O5. The van der Waals surface area contributed by atoms with Gasteiger partial charge in [0.25, 0.3) is 0 Å². The van der Waals surface area contributed by atoms with Crippen molar-refractivity contribution in [3.63, 3.8) is 0 Å². The summed E-state index contributed by atoms with van der Waals surface area (Å²) >= 11 is 0. The van der Waals surface area contributed by atoms with Gasteiger partial charge in [-0.15, -0.1) is 0 Å². The molecule has 5 nitrogen and oxygen atoms in total. The molecule has 0 saturated heterocycles. The van der Waals surface area contributed by atoms with Crippen molar-refractivity contribution in [2.45, 2.75) is 13.8 Å². The minimum Gasteiger partial charge on any atom is -0.496 e. The Labute approximate surface area is 154 Å².